The number of nitrogens with one attached hydrogen (secondary N) is 1. The highest BCUT2D eigenvalue weighted by Crippen LogP contribution is 2.21. The third kappa shape index (κ3) is 4.75. The van der Waals surface area contributed by atoms with E-state index in [9.17, 15) is 4.79 Å². The van der Waals surface area contributed by atoms with E-state index < -0.39 is 0 Å². The molecular weight excluding hydrogens is 230 g/mol. The number of hydrogen-bond donors (Lipinski definition) is 2. The first-order valence-corrected chi connectivity index (χ1v) is 6.27. The summed E-state index contributed by atoms with van der Waals surface area (Å²) in [5.41, 5.74) is 1.27. The van der Waals surface area contributed by atoms with Gasteiger partial charge < -0.3 is 15.2 Å². The van der Waals surface area contributed by atoms with Crippen molar-refractivity contribution in [3.05, 3.63) is 29.8 Å². The van der Waals surface area contributed by atoms with Gasteiger partial charge in [0.15, 0.2) is 6.61 Å². The highest BCUT2D eigenvalue weighted by molar-refractivity contribution is 5.77. The summed E-state index contributed by atoms with van der Waals surface area (Å²) in [6, 6.07) is 7.80. The van der Waals surface area contributed by atoms with Gasteiger partial charge in [0.25, 0.3) is 5.91 Å². The largest absolute Gasteiger partial charge is 0.484 e. The van der Waals surface area contributed by atoms with E-state index in [2.05, 4.69) is 19.2 Å². The van der Waals surface area contributed by atoms with Crippen LogP contribution in [0.1, 0.15) is 31.7 Å². The normalized spacial score (nSPS) is 11.9. The number of carbonyl (C=O) groups excluding carboxylic acids is 1. The Hall–Kier alpha value is -1.55. The maximum atomic E-state index is 11.2. The van der Waals surface area contributed by atoms with Gasteiger partial charge in [-0.2, -0.15) is 0 Å². The van der Waals surface area contributed by atoms with Crippen molar-refractivity contribution in [3.8, 4) is 5.75 Å². The van der Waals surface area contributed by atoms with Crippen molar-refractivity contribution >= 4 is 5.91 Å². The van der Waals surface area contributed by atoms with Crippen LogP contribution in [0.2, 0.25) is 0 Å². The van der Waals surface area contributed by atoms with Crippen LogP contribution < -0.4 is 10.1 Å². The third-order valence-electron chi connectivity index (χ3n) is 2.87. The van der Waals surface area contributed by atoms with Crippen LogP contribution in [0.5, 0.6) is 5.75 Å². The molecule has 0 bridgehead atoms. The van der Waals surface area contributed by atoms with Crippen molar-refractivity contribution in [1.82, 2.24) is 5.32 Å². The number of aliphatic hydroxyl groups excluding tert-OH is 1. The summed E-state index contributed by atoms with van der Waals surface area (Å²) >= 11 is 0. The fraction of sp³-hybridized carbons (Fsp3) is 0.500. The van der Waals surface area contributed by atoms with Gasteiger partial charge in [0, 0.05) is 6.54 Å². The summed E-state index contributed by atoms with van der Waals surface area (Å²) in [6.45, 7) is 4.51. The monoisotopic (exact) mass is 251 g/mol. The molecule has 1 amide bonds. The number of rotatable bonds is 7. The molecule has 1 aromatic carbocycles. The van der Waals surface area contributed by atoms with Crippen LogP contribution in [0.15, 0.2) is 24.3 Å². The van der Waals surface area contributed by atoms with Crippen LogP contribution in [0, 0.1) is 0 Å². The Labute approximate surface area is 108 Å². The molecule has 2 N–H and O–H groups in total. The minimum Gasteiger partial charge on any atom is -0.484 e. The zero-order chi connectivity index (χ0) is 13.4. The first-order chi connectivity index (χ1) is 8.67. The molecule has 100 valence electrons. The van der Waals surface area contributed by atoms with Crippen molar-refractivity contribution in [3.63, 3.8) is 0 Å². The molecule has 4 heteroatoms. The second kappa shape index (κ2) is 7.71. The molecule has 0 aliphatic heterocycles. The second-order valence-corrected chi connectivity index (χ2v) is 4.24. The minimum atomic E-state index is -0.227. The summed E-state index contributed by atoms with van der Waals surface area (Å²) in [7, 11) is 0. The average molecular weight is 251 g/mol. The van der Waals surface area contributed by atoms with Crippen LogP contribution in [-0.2, 0) is 4.79 Å². The molecular formula is C14H21NO3. The highest BCUT2D eigenvalue weighted by atomic mass is 16.5. The predicted octanol–water partition coefficient (Wildman–Crippen LogP) is 1.69. The molecule has 0 radical (unpaired) electrons. The average Bonchev–Trinajstić information content (AvgIpc) is 2.42. The molecule has 4 nitrogen and oxygen atoms in total. The Morgan fingerprint density at radius 2 is 2.06 bits per heavy atom. The molecule has 0 aliphatic rings. The molecule has 0 spiro atoms. The van der Waals surface area contributed by atoms with Gasteiger partial charge in [-0.25, -0.2) is 0 Å². The zero-order valence-electron chi connectivity index (χ0n) is 11.0. The fourth-order valence-corrected chi connectivity index (χ4v) is 1.52. The van der Waals surface area contributed by atoms with Crippen molar-refractivity contribution in [1.29, 1.82) is 0 Å². The molecule has 0 heterocycles. The quantitative estimate of drug-likeness (QED) is 0.775. The van der Waals surface area contributed by atoms with Crippen molar-refractivity contribution in [2.24, 2.45) is 0 Å². The van der Waals surface area contributed by atoms with Gasteiger partial charge in [-0.15, -0.1) is 0 Å². The van der Waals surface area contributed by atoms with Gasteiger partial charge in [-0.05, 0) is 30.0 Å². The molecule has 0 aliphatic carbocycles. The number of amides is 1. The van der Waals surface area contributed by atoms with Gasteiger partial charge in [0.2, 0.25) is 0 Å². The Bertz CT molecular complexity index is 362. The summed E-state index contributed by atoms with van der Waals surface area (Å²) < 4.78 is 5.34. The number of benzene rings is 1. The Kier molecular flexibility index (Phi) is 6.22. The summed E-state index contributed by atoms with van der Waals surface area (Å²) in [5.74, 6) is 0.989. The maximum absolute atomic E-state index is 11.2. The van der Waals surface area contributed by atoms with Crippen molar-refractivity contribution in [2.75, 3.05) is 19.8 Å². The van der Waals surface area contributed by atoms with Gasteiger partial charge in [0.05, 0.1) is 6.61 Å². The van der Waals surface area contributed by atoms with E-state index in [-0.39, 0.29) is 25.7 Å². The van der Waals surface area contributed by atoms with Crippen molar-refractivity contribution < 1.29 is 14.6 Å². The summed E-state index contributed by atoms with van der Waals surface area (Å²) in [5, 5.41) is 11.1. The minimum absolute atomic E-state index is 0.0251. The molecule has 1 rings (SSSR count). The van der Waals surface area contributed by atoms with E-state index >= 15 is 0 Å². The summed E-state index contributed by atoms with van der Waals surface area (Å²) in [4.78, 5) is 11.2. The topological polar surface area (TPSA) is 58.6 Å². The Balaban J connectivity index is 2.41. The van der Waals surface area contributed by atoms with E-state index in [0.29, 0.717) is 11.7 Å². The first-order valence-electron chi connectivity index (χ1n) is 6.27. The molecule has 18 heavy (non-hydrogen) atoms. The van der Waals surface area contributed by atoms with E-state index in [1.54, 1.807) is 0 Å². The maximum Gasteiger partial charge on any atom is 0.258 e. The lowest BCUT2D eigenvalue weighted by molar-refractivity contribution is -0.123. The fourth-order valence-electron chi connectivity index (χ4n) is 1.52. The van der Waals surface area contributed by atoms with Crippen LogP contribution in [-0.4, -0.2) is 30.8 Å². The van der Waals surface area contributed by atoms with Gasteiger partial charge in [-0.1, -0.05) is 26.0 Å². The molecule has 0 saturated carbocycles. The molecule has 1 unspecified atom stereocenters. The molecule has 0 aromatic heterocycles. The second-order valence-electron chi connectivity index (χ2n) is 4.24. The third-order valence-corrected chi connectivity index (χ3v) is 2.87. The number of carbonyl (C=O) groups is 1. The standard InChI is InChI=1S/C14H21NO3/c1-3-11(2)12-4-6-13(7-5-12)18-10-14(17)15-8-9-16/h4-7,11,16H,3,8-10H2,1-2H3,(H,15,17). The SMILES string of the molecule is CCC(C)c1ccc(OCC(=O)NCCO)cc1. The van der Waals surface area contributed by atoms with Crippen LogP contribution >= 0.6 is 0 Å². The molecule has 1 aromatic rings. The van der Waals surface area contributed by atoms with Gasteiger partial charge >= 0.3 is 0 Å². The number of ether oxygens (including phenoxy) is 1. The molecule has 1 atom stereocenters. The lowest BCUT2D eigenvalue weighted by atomic mass is 9.99. The van der Waals surface area contributed by atoms with Crippen LogP contribution in [0.4, 0.5) is 0 Å². The van der Waals surface area contributed by atoms with Gasteiger partial charge in [-0.3, -0.25) is 4.79 Å². The zero-order valence-corrected chi connectivity index (χ0v) is 11.0. The smallest absolute Gasteiger partial charge is 0.258 e. The van der Waals surface area contributed by atoms with Crippen LogP contribution in [0.25, 0.3) is 0 Å². The molecule has 0 fully saturated rings. The lowest BCUT2D eigenvalue weighted by Gasteiger charge is -2.10. The highest BCUT2D eigenvalue weighted by Gasteiger charge is 2.04. The van der Waals surface area contributed by atoms with E-state index in [4.69, 9.17) is 9.84 Å². The van der Waals surface area contributed by atoms with E-state index in [0.717, 1.165) is 6.42 Å². The number of aliphatic hydroxyl groups is 1. The summed E-state index contributed by atoms with van der Waals surface area (Å²) in [6.07, 6.45) is 1.10. The predicted molar refractivity (Wildman–Crippen MR) is 70.7 cm³/mol. The van der Waals surface area contributed by atoms with E-state index in [1.807, 2.05) is 24.3 Å². The Morgan fingerprint density at radius 3 is 2.61 bits per heavy atom. The van der Waals surface area contributed by atoms with Crippen molar-refractivity contribution in [2.45, 2.75) is 26.2 Å². The van der Waals surface area contributed by atoms with Crippen LogP contribution in [0.3, 0.4) is 0 Å². The number of hydrogen-bond acceptors (Lipinski definition) is 3. The first kappa shape index (κ1) is 14.5. The van der Waals surface area contributed by atoms with Gasteiger partial charge in [0.1, 0.15) is 5.75 Å². The van der Waals surface area contributed by atoms with E-state index in [1.165, 1.54) is 5.56 Å². The molecule has 0 saturated heterocycles. The Morgan fingerprint density at radius 1 is 1.39 bits per heavy atom. The lowest BCUT2D eigenvalue weighted by Crippen LogP contribution is -2.31.